The molecule has 5 nitrogen and oxygen atoms in total. The average molecular weight is 371 g/mol. The van der Waals surface area contributed by atoms with E-state index in [1.807, 2.05) is 0 Å². The van der Waals surface area contributed by atoms with Gasteiger partial charge in [-0.25, -0.2) is 14.5 Å². The molecule has 0 aromatic carbocycles. The van der Waals surface area contributed by atoms with Crippen LogP contribution in [0.1, 0.15) is 16.1 Å². The number of carboxylic acid groups (broad SMARTS) is 1. The summed E-state index contributed by atoms with van der Waals surface area (Å²) < 4.78 is 39.5. The van der Waals surface area contributed by atoms with E-state index >= 15 is 0 Å². The number of pyridine rings is 1. The van der Waals surface area contributed by atoms with Crippen molar-refractivity contribution in [1.29, 1.82) is 0 Å². The highest BCUT2D eigenvalue weighted by Crippen LogP contribution is 2.35. The van der Waals surface area contributed by atoms with Gasteiger partial charge in [0.15, 0.2) is 11.5 Å². The number of rotatable bonds is 2. The van der Waals surface area contributed by atoms with E-state index in [0.29, 0.717) is 9.15 Å². The first-order valence-electron chi connectivity index (χ1n) is 4.92. The van der Waals surface area contributed by atoms with Gasteiger partial charge < -0.3 is 5.11 Å². The summed E-state index contributed by atoms with van der Waals surface area (Å²) in [5.41, 5.74) is -2.68. The number of halogens is 5. The van der Waals surface area contributed by atoms with Crippen LogP contribution >= 0.6 is 27.5 Å². The van der Waals surface area contributed by atoms with E-state index in [1.54, 1.807) is 0 Å². The Morgan fingerprint density at radius 1 is 1.40 bits per heavy atom. The highest BCUT2D eigenvalue weighted by atomic mass is 79.9. The summed E-state index contributed by atoms with van der Waals surface area (Å²) in [4.78, 5) is 14.7. The molecule has 0 spiro atoms. The predicted octanol–water partition coefficient (Wildman–Crippen LogP) is 3.40. The van der Waals surface area contributed by atoms with E-state index in [9.17, 15) is 18.0 Å². The zero-order chi connectivity index (χ0) is 15.1. The summed E-state index contributed by atoms with van der Waals surface area (Å²) >= 11 is 8.78. The van der Waals surface area contributed by atoms with Crippen LogP contribution in [0.5, 0.6) is 0 Å². The minimum atomic E-state index is -4.93. The molecule has 0 aliphatic carbocycles. The maximum Gasteiger partial charge on any atom is 0.436 e. The lowest BCUT2D eigenvalue weighted by molar-refractivity contribution is -0.141. The molecule has 2 heterocycles. The second-order valence-corrected chi connectivity index (χ2v) is 4.84. The number of aromatic nitrogens is 3. The Hall–Kier alpha value is -1.61. The number of hydrogen-bond donors (Lipinski definition) is 1. The van der Waals surface area contributed by atoms with Crippen molar-refractivity contribution >= 4 is 33.5 Å². The maximum absolute atomic E-state index is 12.8. The van der Waals surface area contributed by atoms with E-state index < -0.39 is 28.6 Å². The first-order valence-corrected chi connectivity index (χ1v) is 6.10. The molecule has 106 valence electrons. The Morgan fingerprint density at radius 2 is 2.05 bits per heavy atom. The summed E-state index contributed by atoms with van der Waals surface area (Å²) in [6.07, 6.45) is -3.61. The van der Waals surface area contributed by atoms with Crippen LogP contribution in [0.15, 0.2) is 22.8 Å². The average Bonchev–Trinajstić information content (AvgIpc) is 2.68. The summed E-state index contributed by atoms with van der Waals surface area (Å²) in [5.74, 6) is -1.85. The van der Waals surface area contributed by atoms with Crippen molar-refractivity contribution in [1.82, 2.24) is 14.8 Å². The van der Waals surface area contributed by atoms with Gasteiger partial charge in [-0.05, 0) is 28.1 Å². The quantitative estimate of drug-likeness (QED) is 0.880. The van der Waals surface area contributed by atoms with Gasteiger partial charge in [-0.1, -0.05) is 11.6 Å². The molecular weight excluding hydrogens is 366 g/mol. The van der Waals surface area contributed by atoms with Crippen LogP contribution in [0.25, 0.3) is 5.82 Å². The molecule has 0 saturated carbocycles. The number of alkyl halides is 3. The molecule has 10 heteroatoms. The Kier molecular flexibility index (Phi) is 3.74. The molecule has 0 aliphatic heterocycles. The number of aromatic carboxylic acids is 1. The molecule has 2 rings (SSSR count). The van der Waals surface area contributed by atoms with Gasteiger partial charge in [-0.2, -0.15) is 18.3 Å². The maximum atomic E-state index is 12.8. The van der Waals surface area contributed by atoms with Crippen LogP contribution in [0.3, 0.4) is 0 Å². The molecule has 0 radical (unpaired) electrons. The molecule has 20 heavy (non-hydrogen) atoms. The second-order valence-electron chi connectivity index (χ2n) is 3.56. The third-order valence-corrected chi connectivity index (χ3v) is 3.06. The van der Waals surface area contributed by atoms with Crippen LogP contribution in [-0.2, 0) is 6.18 Å². The van der Waals surface area contributed by atoms with Crippen molar-refractivity contribution in [2.24, 2.45) is 0 Å². The van der Waals surface area contributed by atoms with Crippen LogP contribution < -0.4 is 0 Å². The summed E-state index contributed by atoms with van der Waals surface area (Å²) in [5, 5.41) is 11.4. The smallest absolute Gasteiger partial charge is 0.436 e. The predicted molar refractivity (Wildman–Crippen MR) is 66.0 cm³/mol. The van der Waals surface area contributed by atoms with E-state index in [0.717, 1.165) is 0 Å². The molecule has 0 unspecified atom stereocenters. The number of nitrogens with zero attached hydrogens (tertiary/aromatic N) is 3. The van der Waals surface area contributed by atoms with E-state index in [4.69, 9.17) is 16.7 Å². The monoisotopic (exact) mass is 369 g/mol. The first kappa shape index (κ1) is 14.8. The largest absolute Gasteiger partial charge is 0.478 e. The van der Waals surface area contributed by atoms with Crippen LogP contribution in [0.2, 0.25) is 5.15 Å². The topological polar surface area (TPSA) is 68.0 Å². The Labute approximate surface area is 123 Å². The lowest BCUT2D eigenvalue weighted by Crippen LogP contribution is -2.12. The zero-order valence-corrected chi connectivity index (χ0v) is 11.7. The summed E-state index contributed by atoms with van der Waals surface area (Å²) in [6.45, 7) is 0. The molecule has 0 bridgehead atoms. The Balaban J connectivity index is 2.67. The fourth-order valence-corrected chi connectivity index (χ4v) is 1.96. The SMILES string of the molecule is O=C(O)c1c(C(F)(F)F)nn(-c2ccc(Br)cn2)c1Cl. The van der Waals surface area contributed by atoms with Crippen molar-refractivity contribution in [3.8, 4) is 5.82 Å². The van der Waals surface area contributed by atoms with Crippen molar-refractivity contribution in [2.75, 3.05) is 0 Å². The van der Waals surface area contributed by atoms with Crippen molar-refractivity contribution in [3.63, 3.8) is 0 Å². The summed E-state index contributed by atoms with van der Waals surface area (Å²) in [7, 11) is 0. The summed E-state index contributed by atoms with van der Waals surface area (Å²) in [6, 6.07) is 2.85. The van der Waals surface area contributed by atoms with Gasteiger partial charge in [-0.3, -0.25) is 0 Å². The first-order chi connectivity index (χ1) is 9.21. The van der Waals surface area contributed by atoms with Gasteiger partial charge in [0.1, 0.15) is 10.7 Å². The minimum absolute atomic E-state index is 0.0313. The number of hydrogen-bond acceptors (Lipinski definition) is 3. The standard InChI is InChI=1S/C10H4BrClF3N3O2/c11-4-1-2-5(16-3-4)18-8(12)6(9(19)20)7(17-18)10(13,14)15/h1-3H,(H,19,20). The molecule has 0 amide bonds. The van der Waals surface area contributed by atoms with Gasteiger partial charge in [0.05, 0.1) is 0 Å². The van der Waals surface area contributed by atoms with Crippen molar-refractivity contribution < 1.29 is 23.1 Å². The highest BCUT2D eigenvalue weighted by molar-refractivity contribution is 9.10. The van der Waals surface area contributed by atoms with Crippen molar-refractivity contribution in [3.05, 3.63) is 39.2 Å². The molecule has 0 fully saturated rings. The lowest BCUT2D eigenvalue weighted by atomic mass is 10.2. The third-order valence-electron chi connectivity index (χ3n) is 2.24. The molecular formula is C10H4BrClF3N3O2. The van der Waals surface area contributed by atoms with Crippen LogP contribution in [0.4, 0.5) is 13.2 Å². The normalized spacial score (nSPS) is 11.7. The molecule has 1 N–H and O–H groups in total. The van der Waals surface area contributed by atoms with Gasteiger partial charge in [-0.15, -0.1) is 0 Å². The van der Waals surface area contributed by atoms with E-state index in [-0.39, 0.29) is 5.82 Å². The van der Waals surface area contributed by atoms with Gasteiger partial charge in [0.2, 0.25) is 0 Å². The molecule has 0 aliphatic rings. The highest BCUT2D eigenvalue weighted by Gasteiger charge is 2.41. The Bertz CT molecular complexity index is 670. The molecule has 2 aromatic heterocycles. The second kappa shape index (κ2) is 5.06. The third kappa shape index (κ3) is 2.63. The fourth-order valence-electron chi connectivity index (χ4n) is 1.43. The van der Waals surface area contributed by atoms with Crippen LogP contribution in [0, 0.1) is 0 Å². The van der Waals surface area contributed by atoms with Crippen LogP contribution in [-0.4, -0.2) is 25.8 Å². The van der Waals surface area contributed by atoms with E-state index in [2.05, 4.69) is 26.0 Å². The van der Waals surface area contributed by atoms with Gasteiger partial charge in [0, 0.05) is 10.7 Å². The number of carbonyl (C=O) groups is 1. The minimum Gasteiger partial charge on any atom is -0.478 e. The van der Waals surface area contributed by atoms with Gasteiger partial charge >= 0.3 is 12.1 Å². The molecule has 2 aromatic rings. The zero-order valence-electron chi connectivity index (χ0n) is 9.32. The molecule has 0 atom stereocenters. The fraction of sp³-hybridized carbons (Fsp3) is 0.100. The lowest BCUT2D eigenvalue weighted by Gasteiger charge is -2.02. The van der Waals surface area contributed by atoms with Crippen molar-refractivity contribution in [2.45, 2.75) is 6.18 Å². The van der Waals surface area contributed by atoms with E-state index in [1.165, 1.54) is 18.3 Å². The van der Waals surface area contributed by atoms with Gasteiger partial charge in [0.25, 0.3) is 0 Å². The Morgan fingerprint density at radius 3 is 2.45 bits per heavy atom. The number of carboxylic acids is 1. The molecule has 0 saturated heterocycles.